The molecular weight excluding hydrogens is 240 g/mol. The summed E-state index contributed by atoms with van der Waals surface area (Å²) >= 11 is 7.78. The first kappa shape index (κ1) is 12.2. The molecule has 2 unspecified atom stereocenters. The normalized spacial score (nSPS) is 24.9. The van der Waals surface area contributed by atoms with Crippen molar-refractivity contribution in [2.24, 2.45) is 11.7 Å². The molecule has 2 nitrogen and oxygen atoms in total. The number of aromatic nitrogens is 1. The van der Waals surface area contributed by atoms with Gasteiger partial charge in [0, 0.05) is 12.2 Å². The van der Waals surface area contributed by atoms with Crippen LogP contribution >= 0.6 is 23.4 Å². The maximum absolute atomic E-state index is 6.04. The van der Waals surface area contributed by atoms with E-state index in [1.807, 2.05) is 12.1 Å². The summed E-state index contributed by atoms with van der Waals surface area (Å²) in [5, 5.41) is 1.69. The van der Waals surface area contributed by atoms with Gasteiger partial charge in [0.05, 0.1) is 5.02 Å². The van der Waals surface area contributed by atoms with Gasteiger partial charge in [-0.3, -0.25) is 0 Å². The van der Waals surface area contributed by atoms with Crippen molar-refractivity contribution in [3.05, 3.63) is 23.4 Å². The predicted molar refractivity (Wildman–Crippen MR) is 69.9 cm³/mol. The Hall–Kier alpha value is -0.250. The van der Waals surface area contributed by atoms with Crippen molar-refractivity contribution in [3.8, 4) is 0 Å². The Morgan fingerprint density at radius 2 is 2.38 bits per heavy atom. The van der Waals surface area contributed by atoms with Gasteiger partial charge in [0.15, 0.2) is 0 Å². The molecule has 0 aliphatic heterocycles. The molecule has 0 amide bonds. The van der Waals surface area contributed by atoms with E-state index in [-0.39, 0.29) is 0 Å². The van der Waals surface area contributed by atoms with E-state index in [4.69, 9.17) is 17.3 Å². The standard InChI is InChI=1S/C12H17ClN2S/c13-10-4-2-7-15-12(10)16-8-6-9-3-1-5-11(9)14/h2,4,7,9,11H,1,3,5-6,8,14H2. The van der Waals surface area contributed by atoms with Crippen LogP contribution in [0, 0.1) is 5.92 Å². The summed E-state index contributed by atoms with van der Waals surface area (Å²) in [4.78, 5) is 4.26. The zero-order chi connectivity index (χ0) is 11.4. The van der Waals surface area contributed by atoms with E-state index in [1.165, 1.54) is 25.7 Å². The smallest absolute Gasteiger partial charge is 0.115 e. The fraction of sp³-hybridized carbons (Fsp3) is 0.583. The van der Waals surface area contributed by atoms with Crippen molar-refractivity contribution >= 4 is 23.4 Å². The van der Waals surface area contributed by atoms with Gasteiger partial charge in [-0.05, 0) is 43.1 Å². The highest BCUT2D eigenvalue weighted by Crippen LogP contribution is 2.30. The number of hydrogen-bond donors (Lipinski definition) is 1. The van der Waals surface area contributed by atoms with Crippen LogP contribution in [0.25, 0.3) is 0 Å². The summed E-state index contributed by atoms with van der Waals surface area (Å²) in [6.07, 6.45) is 6.74. The molecule has 0 spiro atoms. The van der Waals surface area contributed by atoms with E-state index < -0.39 is 0 Å². The minimum absolute atomic E-state index is 0.416. The molecule has 2 N–H and O–H groups in total. The summed E-state index contributed by atoms with van der Waals surface area (Å²) < 4.78 is 0. The van der Waals surface area contributed by atoms with E-state index in [2.05, 4.69) is 4.98 Å². The van der Waals surface area contributed by atoms with Crippen molar-refractivity contribution in [1.82, 2.24) is 4.98 Å². The Kier molecular flexibility index (Phi) is 4.50. The number of thioether (sulfide) groups is 1. The van der Waals surface area contributed by atoms with Gasteiger partial charge in [-0.25, -0.2) is 4.98 Å². The molecule has 0 saturated heterocycles. The lowest BCUT2D eigenvalue weighted by Crippen LogP contribution is -2.24. The molecule has 0 aromatic carbocycles. The molecule has 1 saturated carbocycles. The van der Waals surface area contributed by atoms with Crippen LogP contribution in [0.2, 0.25) is 5.02 Å². The van der Waals surface area contributed by atoms with Gasteiger partial charge in [-0.2, -0.15) is 0 Å². The monoisotopic (exact) mass is 256 g/mol. The maximum Gasteiger partial charge on any atom is 0.115 e. The molecule has 4 heteroatoms. The Labute approximate surface area is 106 Å². The second-order valence-corrected chi connectivity index (χ2v) is 5.77. The molecule has 1 fully saturated rings. The van der Waals surface area contributed by atoms with Gasteiger partial charge in [0.1, 0.15) is 5.03 Å². The Bertz CT molecular complexity index is 346. The quantitative estimate of drug-likeness (QED) is 0.840. The van der Waals surface area contributed by atoms with Gasteiger partial charge in [-0.15, -0.1) is 11.8 Å². The molecule has 0 bridgehead atoms. The number of nitrogens with zero attached hydrogens (tertiary/aromatic N) is 1. The maximum atomic E-state index is 6.04. The van der Waals surface area contributed by atoms with E-state index in [9.17, 15) is 0 Å². The van der Waals surface area contributed by atoms with Crippen LogP contribution in [0.5, 0.6) is 0 Å². The van der Waals surface area contributed by atoms with Crippen LogP contribution < -0.4 is 5.73 Å². The third-order valence-electron chi connectivity index (χ3n) is 3.17. The second-order valence-electron chi connectivity index (χ2n) is 4.28. The average Bonchev–Trinajstić information content (AvgIpc) is 2.67. The third-order valence-corrected chi connectivity index (χ3v) is 4.63. The Morgan fingerprint density at radius 1 is 1.50 bits per heavy atom. The Morgan fingerprint density at radius 3 is 3.06 bits per heavy atom. The van der Waals surface area contributed by atoms with E-state index in [0.29, 0.717) is 12.0 Å². The molecule has 1 aromatic rings. The zero-order valence-electron chi connectivity index (χ0n) is 9.23. The van der Waals surface area contributed by atoms with Gasteiger partial charge in [-0.1, -0.05) is 18.0 Å². The van der Waals surface area contributed by atoms with E-state index in [1.54, 1.807) is 18.0 Å². The summed E-state index contributed by atoms with van der Waals surface area (Å²) in [6, 6.07) is 4.16. The number of halogens is 1. The van der Waals surface area contributed by atoms with Crippen molar-refractivity contribution in [2.75, 3.05) is 5.75 Å². The minimum atomic E-state index is 0.416. The molecule has 88 valence electrons. The SMILES string of the molecule is NC1CCCC1CCSc1ncccc1Cl. The summed E-state index contributed by atoms with van der Waals surface area (Å²) in [5.41, 5.74) is 6.04. The van der Waals surface area contributed by atoms with Crippen molar-refractivity contribution in [2.45, 2.75) is 36.8 Å². The predicted octanol–water partition coefficient (Wildman–Crippen LogP) is 3.34. The van der Waals surface area contributed by atoms with Gasteiger partial charge in [0.25, 0.3) is 0 Å². The molecule has 1 aromatic heterocycles. The zero-order valence-corrected chi connectivity index (χ0v) is 10.8. The first-order chi connectivity index (χ1) is 7.77. The highest BCUT2D eigenvalue weighted by atomic mass is 35.5. The van der Waals surface area contributed by atoms with E-state index >= 15 is 0 Å². The van der Waals surface area contributed by atoms with Gasteiger partial charge >= 0.3 is 0 Å². The third kappa shape index (κ3) is 3.12. The largest absolute Gasteiger partial charge is 0.327 e. The lowest BCUT2D eigenvalue weighted by atomic mass is 10.0. The molecule has 2 rings (SSSR count). The molecular formula is C12H17ClN2S. The fourth-order valence-electron chi connectivity index (χ4n) is 2.21. The summed E-state index contributed by atoms with van der Waals surface area (Å²) in [7, 11) is 0. The van der Waals surface area contributed by atoms with Crippen LogP contribution in [0.4, 0.5) is 0 Å². The van der Waals surface area contributed by atoms with Crippen LogP contribution in [-0.2, 0) is 0 Å². The molecule has 0 radical (unpaired) electrons. The van der Waals surface area contributed by atoms with Crippen LogP contribution in [-0.4, -0.2) is 16.8 Å². The van der Waals surface area contributed by atoms with E-state index in [0.717, 1.165) is 15.8 Å². The molecule has 1 aliphatic carbocycles. The molecule has 1 heterocycles. The average molecular weight is 257 g/mol. The second kappa shape index (κ2) is 5.89. The summed E-state index contributed by atoms with van der Waals surface area (Å²) in [5.74, 6) is 1.77. The highest BCUT2D eigenvalue weighted by Gasteiger charge is 2.23. The molecule has 2 atom stereocenters. The topological polar surface area (TPSA) is 38.9 Å². The van der Waals surface area contributed by atoms with Gasteiger partial charge in [0.2, 0.25) is 0 Å². The van der Waals surface area contributed by atoms with Crippen molar-refractivity contribution in [3.63, 3.8) is 0 Å². The molecule has 16 heavy (non-hydrogen) atoms. The van der Waals surface area contributed by atoms with Crippen LogP contribution in [0.1, 0.15) is 25.7 Å². The molecule has 1 aliphatic rings. The van der Waals surface area contributed by atoms with Crippen molar-refractivity contribution < 1.29 is 0 Å². The Balaban J connectivity index is 1.78. The minimum Gasteiger partial charge on any atom is -0.327 e. The number of rotatable bonds is 4. The first-order valence-electron chi connectivity index (χ1n) is 5.76. The van der Waals surface area contributed by atoms with Crippen LogP contribution in [0.3, 0.4) is 0 Å². The lowest BCUT2D eigenvalue weighted by molar-refractivity contribution is 0.470. The van der Waals surface area contributed by atoms with Gasteiger partial charge < -0.3 is 5.73 Å². The first-order valence-corrected chi connectivity index (χ1v) is 7.12. The number of nitrogens with two attached hydrogens (primary N) is 1. The highest BCUT2D eigenvalue weighted by molar-refractivity contribution is 7.99. The van der Waals surface area contributed by atoms with Crippen molar-refractivity contribution in [1.29, 1.82) is 0 Å². The number of hydrogen-bond acceptors (Lipinski definition) is 3. The van der Waals surface area contributed by atoms with Crippen LogP contribution in [0.15, 0.2) is 23.4 Å². The summed E-state index contributed by atoms with van der Waals surface area (Å²) in [6.45, 7) is 0. The number of pyridine rings is 1. The fourth-order valence-corrected chi connectivity index (χ4v) is 3.45. The lowest BCUT2D eigenvalue weighted by Gasteiger charge is -2.14.